The van der Waals surface area contributed by atoms with Gasteiger partial charge in [0.1, 0.15) is 11.4 Å². The second kappa shape index (κ2) is 10.0. The van der Waals surface area contributed by atoms with Gasteiger partial charge < -0.3 is 19.6 Å². The average molecular weight is 450 g/mol. The third kappa shape index (κ3) is 5.67. The Morgan fingerprint density at radius 3 is 2.67 bits per heavy atom. The molecule has 2 N–H and O–H groups in total. The number of carbonyl (C=O) groups is 2. The monoisotopic (exact) mass is 449 g/mol. The van der Waals surface area contributed by atoms with E-state index in [0.717, 1.165) is 11.8 Å². The molecule has 0 aliphatic carbocycles. The molecule has 10 nitrogen and oxygen atoms in total. The lowest BCUT2D eigenvalue weighted by molar-refractivity contribution is -0.142. The second-order valence-electron chi connectivity index (χ2n) is 5.63. The van der Waals surface area contributed by atoms with Gasteiger partial charge in [-0.25, -0.2) is 14.8 Å². The third-order valence-corrected chi connectivity index (χ3v) is 4.61. The Labute approximate surface area is 180 Å². The predicted octanol–water partition coefficient (Wildman–Crippen LogP) is 2.77. The number of benzene rings is 1. The first kappa shape index (κ1) is 21.5. The van der Waals surface area contributed by atoms with Crippen LogP contribution < -0.4 is 5.73 Å². The molecule has 0 saturated heterocycles. The van der Waals surface area contributed by atoms with E-state index in [0.29, 0.717) is 10.6 Å². The first-order valence-electron chi connectivity index (χ1n) is 8.62. The molecule has 0 unspecified atom stereocenters. The molecule has 0 bridgehead atoms. The number of hydrogen-bond donors (Lipinski definition) is 1. The molecule has 12 heteroatoms. The number of esters is 2. The Kier molecular flexibility index (Phi) is 7.20. The molecule has 0 saturated carbocycles. The van der Waals surface area contributed by atoms with Crippen LogP contribution in [-0.2, 0) is 20.9 Å². The van der Waals surface area contributed by atoms with Crippen molar-refractivity contribution in [1.29, 1.82) is 0 Å². The zero-order chi connectivity index (χ0) is 21.5. The SMILES string of the molecule is CCOC(=O)c1cnc(SCC(=O)OCc2nnc(-c3ccc(Cl)cc3)o2)nc1N. The van der Waals surface area contributed by atoms with Crippen molar-refractivity contribution >= 4 is 41.1 Å². The van der Waals surface area contributed by atoms with E-state index in [-0.39, 0.29) is 47.3 Å². The normalized spacial score (nSPS) is 10.6. The van der Waals surface area contributed by atoms with Crippen LogP contribution in [0.4, 0.5) is 5.82 Å². The molecule has 156 valence electrons. The predicted molar refractivity (Wildman–Crippen MR) is 108 cm³/mol. The van der Waals surface area contributed by atoms with Crippen molar-refractivity contribution in [2.45, 2.75) is 18.7 Å². The van der Waals surface area contributed by atoms with Gasteiger partial charge in [0, 0.05) is 16.8 Å². The van der Waals surface area contributed by atoms with Crippen molar-refractivity contribution in [3.63, 3.8) is 0 Å². The summed E-state index contributed by atoms with van der Waals surface area (Å²) in [5.41, 5.74) is 6.50. The highest BCUT2D eigenvalue weighted by Gasteiger charge is 2.15. The van der Waals surface area contributed by atoms with E-state index in [1.807, 2.05) is 0 Å². The molecule has 0 radical (unpaired) electrons. The third-order valence-electron chi connectivity index (χ3n) is 3.53. The van der Waals surface area contributed by atoms with Crippen LogP contribution >= 0.6 is 23.4 Å². The molecular formula is C18H16ClN5O5S. The summed E-state index contributed by atoms with van der Waals surface area (Å²) < 4.78 is 15.4. The lowest BCUT2D eigenvalue weighted by Crippen LogP contribution is -2.11. The van der Waals surface area contributed by atoms with Gasteiger partial charge in [-0.15, -0.1) is 10.2 Å². The summed E-state index contributed by atoms with van der Waals surface area (Å²) in [6, 6.07) is 6.88. The molecule has 2 heterocycles. The first-order valence-corrected chi connectivity index (χ1v) is 9.99. The molecule has 30 heavy (non-hydrogen) atoms. The Morgan fingerprint density at radius 2 is 1.97 bits per heavy atom. The van der Waals surface area contributed by atoms with E-state index in [9.17, 15) is 9.59 Å². The van der Waals surface area contributed by atoms with Gasteiger partial charge in [0.2, 0.25) is 5.89 Å². The fraction of sp³-hybridized carbons (Fsp3) is 0.222. The van der Waals surface area contributed by atoms with Gasteiger partial charge in [0.15, 0.2) is 11.8 Å². The van der Waals surface area contributed by atoms with Crippen molar-refractivity contribution < 1.29 is 23.5 Å². The number of thioether (sulfide) groups is 1. The number of hydrogen-bond acceptors (Lipinski definition) is 11. The molecule has 0 fully saturated rings. The van der Waals surface area contributed by atoms with Gasteiger partial charge >= 0.3 is 11.9 Å². The van der Waals surface area contributed by atoms with E-state index >= 15 is 0 Å². The number of anilines is 1. The molecule has 0 aliphatic heterocycles. The number of carbonyl (C=O) groups excluding carboxylic acids is 2. The highest BCUT2D eigenvalue weighted by Crippen LogP contribution is 2.21. The Balaban J connectivity index is 1.49. The number of ether oxygens (including phenoxy) is 2. The summed E-state index contributed by atoms with van der Waals surface area (Å²) in [4.78, 5) is 31.6. The maximum atomic E-state index is 11.9. The van der Waals surface area contributed by atoms with Crippen molar-refractivity contribution in [3.05, 3.63) is 46.9 Å². The van der Waals surface area contributed by atoms with Crippen LogP contribution in [0.5, 0.6) is 0 Å². The molecule has 0 spiro atoms. The van der Waals surface area contributed by atoms with Crippen LogP contribution in [0.1, 0.15) is 23.2 Å². The maximum Gasteiger partial charge on any atom is 0.343 e. The standard InChI is InChI=1S/C18H16ClN5O5S/c1-2-27-17(26)12-7-21-18(22-15(12)20)30-9-14(25)28-8-13-23-24-16(29-13)10-3-5-11(19)6-4-10/h3-7H,2,8-9H2,1H3,(H2,20,21,22). The van der Waals surface area contributed by atoms with Crippen LogP contribution in [0.25, 0.3) is 11.5 Å². The summed E-state index contributed by atoms with van der Waals surface area (Å²) in [6.07, 6.45) is 1.25. The van der Waals surface area contributed by atoms with Crippen LogP contribution in [0, 0.1) is 0 Å². The second-order valence-corrected chi connectivity index (χ2v) is 7.01. The number of halogens is 1. The van der Waals surface area contributed by atoms with Gasteiger partial charge in [-0.3, -0.25) is 4.79 Å². The van der Waals surface area contributed by atoms with E-state index in [1.165, 1.54) is 6.20 Å². The molecule has 3 aromatic rings. The van der Waals surface area contributed by atoms with E-state index in [1.54, 1.807) is 31.2 Å². The lowest BCUT2D eigenvalue weighted by Gasteiger charge is -2.06. The van der Waals surface area contributed by atoms with E-state index in [2.05, 4.69) is 20.2 Å². The minimum absolute atomic E-state index is 0.0279. The number of nitrogens with two attached hydrogens (primary N) is 1. The van der Waals surface area contributed by atoms with E-state index < -0.39 is 11.9 Å². The molecule has 0 amide bonds. The number of aromatic nitrogens is 4. The first-order chi connectivity index (χ1) is 14.5. The highest BCUT2D eigenvalue weighted by molar-refractivity contribution is 7.99. The van der Waals surface area contributed by atoms with Crippen molar-refractivity contribution in [2.24, 2.45) is 0 Å². The molecule has 0 atom stereocenters. The fourth-order valence-electron chi connectivity index (χ4n) is 2.14. The van der Waals surface area contributed by atoms with Gasteiger partial charge in [-0.2, -0.15) is 0 Å². The number of rotatable bonds is 8. The largest absolute Gasteiger partial charge is 0.462 e. The van der Waals surface area contributed by atoms with Crippen LogP contribution in [0.2, 0.25) is 5.02 Å². The van der Waals surface area contributed by atoms with Crippen molar-refractivity contribution in [1.82, 2.24) is 20.2 Å². The van der Waals surface area contributed by atoms with Crippen LogP contribution in [0.15, 0.2) is 40.0 Å². The smallest absolute Gasteiger partial charge is 0.343 e. The van der Waals surface area contributed by atoms with Gasteiger partial charge in [-0.05, 0) is 31.2 Å². The average Bonchev–Trinajstić information content (AvgIpc) is 3.20. The van der Waals surface area contributed by atoms with Crippen LogP contribution in [0.3, 0.4) is 0 Å². The number of nitrogens with zero attached hydrogens (tertiary/aromatic N) is 4. The zero-order valence-corrected chi connectivity index (χ0v) is 17.3. The Hall–Kier alpha value is -3.18. The number of nitrogen functional groups attached to an aromatic ring is 1. The summed E-state index contributed by atoms with van der Waals surface area (Å²) in [7, 11) is 0. The van der Waals surface area contributed by atoms with Gasteiger partial charge in [-0.1, -0.05) is 23.4 Å². The highest BCUT2D eigenvalue weighted by atomic mass is 35.5. The molecule has 0 aliphatic rings. The fourth-order valence-corrected chi connectivity index (χ4v) is 2.89. The summed E-state index contributed by atoms with van der Waals surface area (Å²) in [6.45, 7) is 1.71. The Morgan fingerprint density at radius 1 is 1.20 bits per heavy atom. The Bertz CT molecular complexity index is 1040. The summed E-state index contributed by atoms with van der Waals surface area (Å²) in [5, 5.41) is 8.56. The van der Waals surface area contributed by atoms with Gasteiger partial charge in [0.25, 0.3) is 5.89 Å². The van der Waals surface area contributed by atoms with Crippen molar-refractivity contribution in [2.75, 3.05) is 18.1 Å². The summed E-state index contributed by atoms with van der Waals surface area (Å²) >= 11 is 6.85. The molecule has 2 aromatic heterocycles. The molecule has 1 aromatic carbocycles. The van der Waals surface area contributed by atoms with Crippen molar-refractivity contribution in [3.8, 4) is 11.5 Å². The minimum atomic E-state index is -0.608. The summed E-state index contributed by atoms with van der Waals surface area (Å²) in [5.74, 6) is -0.808. The topological polar surface area (TPSA) is 143 Å². The lowest BCUT2D eigenvalue weighted by atomic mass is 10.2. The maximum absolute atomic E-state index is 11.9. The molecule has 3 rings (SSSR count). The molecular weight excluding hydrogens is 434 g/mol. The van der Waals surface area contributed by atoms with E-state index in [4.69, 9.17) is 31.2 Å². The quantitative estimate of drug-likeness (QED) is 0.308. The minimum Gasteiger partial charge on any atom is -0.462 e. The van der Waals surface area contributed by atoms with Gasteiger partial charge in [0.05, 0.1) is 12.4 Å². The zero-order valence-electron chi connectivity index (χ0n) is 15.7. The van der Waals surface area contributed by atoms with Crippen LogP contribution in [-0.4, -0.2) is 44.5 Å².